The molecule has 0 radical (unpaired) electrons. The van der Waals surface area contributed by atoms with E-state index in [0.717, 1.165) is 37.6 Å². The van der Waals surface area contributed by atoms with E-state index in [4.69, 9.17) is 0 Å². The number of hydrogen-bond acceptors (Lipinski definition) is 3. The lowest BCUT2D eigenvalue weighted by Gasteiger charge is -2.20. The highest BCUT2D eigenvalue weighted by Crippen LogP contribution is 2.16. The SMILES string of the molecule is CCNC(=NCc1ccc(O)c(F)c1)NCCCN1CCCCCC1.I. The second-order valence-electron chi connectivity index (χ2n) is 6.52. The molecule has 148 valence electrons. The van der Waals surface area contributed by atoms with Crippen molar-refractivity contribution < 1.29 is 9.50 Å². The Hall–Kier alpha value is -1.09. The van der Waals surface area contributed by atoms with E-state index in [0.29, 0.717) is 6.54 Å². The van der Waals surface area contributed by atoms with Gasteiger partial charge in [-0.2, -0.15) is 0 Å². The van der Waals surface area contributed by atoms with E-state index in [1.165, 1.54) is 50.9 Å². The minimum atomic E-state index is -0.608. The Morgan fingerprint density at radius 2 is 1.92 bits per heavy atom. The molecule has 3 N–H and O–H groups in total. The number of guanidine groups is 1. The first-order chi connectivity index (χ1) is 12.2. The van der Waals surface area contributed by atoms with Gasteiger partial charge in [0.25, 0.3) is 0 Å². The minimum Gasteiger partial charge on any atom is -0.505 e. The zero-order valence-corrected chi connectivity index (χ0v) is 18.0. The molecule has 1 aliphatic heterocycles. The molecule has 0 saturated carbocycles. The van der Waals surface area contributed by atoms with Crippen molar-refractivity contribution in [1.29, 1.82) is 0 Å². The van der Waals surface area contributed by atoms with E-state index in [2.05, 4.69) is 20.5 Å². The van der Waals surface area contributed by atoms with Gasteiger partial charge in [0.05, 0.1) is 6.54 Å². The number of benzene rings is 1. The van der Waals surface area contributed by atoms with Crippen LogP contribution in [0.5, 0.6) is 5.75 Å². The quantitative estimate of drug-likeness (QED) is 0.243. The Morgan fingerprint density at radius 1 is 1.19 bits per heavy atom. The van der Waals surface area contributed by atoms with Crippen LogP contribution in [0.25, 0.3) is 0 Å². The van der Waals surface area contributed by atoms with Crippen LogP contribution in [0.3, 0.4) is 0 Å². The van der Waals surface area contributed by atoms with Crippen LogP contribution < -0.4 is 10.6 Å². The number of rotatable bonds is 7. The number of nitrogens with one attached hydrogen (secondary N) is 2. The molecule has 1 aliphatic rings. The highest BCUT2D eigenvalue weighted by atomic mass is 127. The molecule has 26 heavy (non-hydrogen) atoms. The average Bonchev–Trinajstić information content (AvgIpc) is 2.88. The summed E-state index contributed by atoms with van der Waals surface area (Å²) in [6.45, 7) is 7.61. The van der Waals surface area contributed by atoms with Gasteiger partial charge in [0.1, 0.15) is 0 Å². The maximum Gasteiger partial charge on any atom is 0.191 e. The summed E-state index contributed by atoms with van der Waals surface area (Å²) in [5.74, 6) is -0.193. The molecular weight excluding hydrogens is 446 g/mol. The number of aromatic hydroxyl groups is 1. The second kappa shape index (κ2) is 13.1. The third kappa shape index (κ3) is 8.53. The number of phenolic OH excluding ortho intramolecular Hbond substituents is 1. The molecule has 1 heterocycles. The van der Waals surface area contributed by atoms with E-state index in [9.17, 15) is 9.50 Å². The van der Waals surface area contributed by atoms with Crippen LogP contribution >= 0.6 is 24.0 Å². The summed E-state index contributed by atoms with van der Waals surface area (Å²) in [7, 11) is 0. The van der Waals surface area contributed by atoms with Gasteiger partial charge in [-0.15, -0.1) is 24.0 Å². The largest absolute Gasteiger partial charge is 0.505 e. The molecular formula is C19H32FIN4O. The van der Waals surface area contributed by atoms with Crippen LogP contribution in [0.4, 0.5) is 4.39 Å². The predicted octanol–water partition coefficient (Wildman–Crippen LogP) is 3.47. The Morgan fingerprint density at radius 3 is 2.58 bits per heavy atom. The first-order valence-corrected chi connectivity index (χ1v) is 9.41. The smallest absolute Gasteiger partial charge is 0.191 e. The molecule has 1 saturated heterocycles. The van der Waals surface area contributed by atoms with Gasteiger partial charge in [0.15, 0.2) is 17.5 Å². The average molecular weight is 478 g/mol. The topological polar surface area (TPSA) is 59.9 Å². The van der Waals surface area contributed by atoms with Gasteiger partial charge in [-0.05, 0) is 63.5 Å². The Bertz CT molecular complexity index is 548. The van der Waals surface area contributed by atoms with E-state index in [1.54, 1.807) is 6.07 Å². The lowest BCUT2D eigenvalue weighted by atomic mass is 10.2. The van der Waals surface area contributed by atoms with Gasteiger partial charge in [0.2, 0.25) is 0 Å². The van der Waals surface area contributed by atoms with E-state index in [1.807, 2.05) is 6.92 Å². The summed E-state index contributed by atoms with van der Waals surface area (Å²) >= 11 is 0. The van der Waals surface area contributed by atoms with Crippen molar-refractivity contribution in [2.45, 2.75) is 45.6 Å². The second-order valence-corrected chi connectivity index (χ2v) is 6.52. The van der Waals surface area contributed by atoms with Gasteiger partial charge >= 0.3 is 0 Å². The van der Waals surface area contributed by atoms with Crippen molar-refractivity contribution in [3.63, 3.8) is 0 Å². The fourth-order valence-electron chi connectivity index (χ4n) is 3.03. The van der Waals surface area contributed by atoms with Crippen LogP contribution in [0, 0.1) is 5.82 Å². The zero-order valence-electron chi connectivity index (χ0n) is 15.6. The summed E-state index contributed by atoms with van der Waals surface area (Å²) in [4.78, 5) is 7.04. The predicted molar refractivity (Wildman–Crippen MR) is 116 cm³/mol. The molecule has 0 bridgehead atoms. The fraction of sp³-hybridized carbons (Fsp3) is 0.632. The highest BCUT2D eigenvalue weighted by molar-refractivity contribution is 14.0. The summed E-state index contributed by atoms with van der Waals surface area (Å²) in [6.07, 6.45) is 6.45. The molecule has 7 heteroatoms. The van der Waals surface area contributed by atoms with Crippen LogP contribution in [0.15, 0.2) is 23.2 Å². The molecule has 0 unspecified atom stereocenters. The lowest BCUT2D eigenvalue weighted by Crippen LogP contribution is -2.39. The maximum atomic E-state index is 13.4. The standard InChI is InChI=1S/C19H31FN4O.HI/c1-2-21-19(23-15-16-8-9-18(25)17(20)14-16)22-10-7-13-24-11-5-3-4-6-12-24;/h8-9,14,25H,2-7,10-13,15H2,1H3,(H2,21,22,23);1H. The van der Waals surface area contributed by atoms with Crippen LogP contribution in [0.2, 0.25) is 0 Å². The molecule has 5 nitrogen and oxygen atoms in total. The lowest BCUT2D eigenvalue weighted by molar-refractivity contribution is 0.282. The Kier molecular flexibility index (Phi) is 11.6. The van der Waals surface area contributed by atoms with Crippen molar-refractivity contribution >= 4 is 29.9 Å². The van der Waals surface area contributed by atoms with Crippen molar-refractivity contribution in [3.05, 3.63) is 29.6 Å². The van der Waals surface area contributed by atoms with Crippen molar-refractivity contribution in [3.8, 4) is 5.75 Å². The van der Waals surface area contributed by atoms with Crippen molar-refractivity contribution in [2.24, 2.45) is 4.99 Å². The molecule has 0 atom stereocenters. The first-order valence-electron chi connectivity index (χ1n) is 9.41. The molecule has 1 fully saturated rings. The molecule has 2 rings (SSSR count). The van der Waals surface area contributed by atoms with Gasteiger partial charge < -0.3 is 20.6 Å². The third-order valence-electron chi connectivity index (χ3n) is 4.42. The number of likely N-dealkylation sites (tertiary alicyclic amines) is 1. The normalized spacial score (nSPS) is 15.8. The number of nitrogens with zero attached hydrogens (tertiary/aromatic N) is 2. The fourth-order valence-corrected chi connectivity index (χ4v) is 3.03. The van der Waals surface area contributed by atoms with Crippen LogP contribution in [0.1, 0.15) is 44.6 Å². The molecule has 0 aromatic heterocycles. The van der Waals surface area contributed by atoms with Gasteiger partial charge in [0, 0.05) is 13.1 Å². The summed E-state index contributed by atoms with van der Waals surface area (Å²) in [5.41, 5.74) is 0.733. The van der Waals surface area contributed by atoms with E-state index in [-0.39, 0.29) is 29.7 Å². The summed E-state index contributed by atoms with van der Waals surface area (Å²) < 4.78 is 13.4. The highest BCUT2D eigenvalue weighted by Gasteiger charge is 2.08. The number of aliphatic imine (C=N–C) groups is 1. The zero-order chi connectivity index (χ0) is 17.9. The van der Waals surface area contributed by atoms with Crippen LogP contribution in [-0.4, -0.2) is 48.7 Å². The summed E-state index contributed by atoms with van der Waals surface area (Å²) in [6, 6.07) is 4.37. The molecule has 1 aromatic carbocycles. The van der Waals surface area contributed by atoms with Gasteiger partial charge in [-0.3, -0.25) is 0 Å². The number of phenols is 1. The Balaban J connectivity index is 0.00000338. The molecule has 0 aliphatic carbocycles. The van der Waals surface area contributed by atoms with Crippen molar-refractivity contribution in [1.82, 2.24) is 15.5 Å². The van der Waals surface area contributed by atoms with Crippen LogP contribution in [-0.2, 0) is 6.54 Å². The third-order valence-corrected chi connectivity index (χ3v) is 4.42. The van der Waals surface area contributed by atoms with Crippen molar-refractivity contribution in [2.75, 3.05) is 32.7 Å². The Labute approximate surface area is 173 Å². The van der Waals surface area contributed by atoms with Gasteiger partial charge in [-0.1, -0.05) is 18.9 Å². The minimum absolute atomic E-state index is 0. The van der Waals surface area contributed by atoms with Gasteiger partial charge in [-0.25, -0.2) is 9.38 Å². The molecule has 0 spiro atoms. The summed E-state index contributed by atoms with van der Waals surface area (Å²) in [5, 5.41) is 15.8. The van der Waals surface area contributed by atoms with E-state index >= 15 is 0 Å². The monoisotopic (exact) mass is 478 g/mol. The maximum absolute atomic E-state index is 13.4. The number of hydrogen-bond donors (Lipinski definition) is 3. The molecule has 1 aromatic rings. The first kappa shape index (κ1) is 23.0. The number of halogens is 2. The van der Waals surface area contributed by atoms with E-state index < -0.39 is 5.82 Å². The molecule has 0 amide bonds.